The highest BCUT2D eigenvalue weighted by Crippen LogP contribution is 2.31. The molecule has 1 saturated heterocycles. The van der Waals surface area contributed by atoms with Crippen LogP contribution in [0.4, 0.5) is 0 Å². The van der Waals surface area contributed by atoms with E-state index in [1.807, 2.05) is 0 Å². The van der Waals surface area contributed by atoms with Crippen LogP contribution in [0, 0.1) is 11.8 Å². The van der Waals surface area contributed by atoms with Crippen molar-refractivity contribution >= 4 is 11.6 Å². The summed E-state index contributed by atoms with van der Waals surface area (Å²) >= 11 is 6.27. The first-order chi connectivity index (χ1) is 10.9. The van der Waals surface area contributed by atoms with E-state index < -0.39 is 30.0 Å². The maximum absolute atomic E-state index is 10.3. The third-order valence-corrected chi connectivity index (χ3v) is 5.80. The summed E-state index contributed by atoms with van der Waals surface area (Å²) in [6.07, 6.45) is 1.16. The highest BCUT2D eigenvalue weighted by atomic mass is 35.5. The average molecular weight is 350 g/mol. The lowest BCUT2D eigenvalue weighted by Crippen LogP contribution is -2.71. The van der Waals surface area contributed by atoms with Crippen LogP contribution in [0.15, 0.2) is 0 Å². The molecule has 7 N–H and O–H groups in total. The Morgan fingerprint density at radius 3 is 1.48 bits per heavy atom. The number of halogens is 1. The summed E-state index contributed by atoms with van der Waals surface area (Å²) in [4.78, 5) is 0. The van der Waals surface area contributed by atoms with Gasteiger partial charge in [-0.1, -0.05) is 11.6 Å². The fourth-order valence-corrected chi connectivity index (χ4v) is 4.49. The van der Waals surface area contributed by atoms with Gasteiger partial charge in [0, 0.05) is 11.8 Å². The topological polar surface area (TPSA) is 117 Å². The van der Waals surface area contributed by atoms with Crippen LogP contribution in [0.25, 0.3) is 0 Å². The van der Waals surface area contributed by atoms with Gasteiger partial charge in [0.15, 0.2) is 0 Å². The molecule has 23 heavy (non-hydrogen) atoms. The van der Waals surface area contributed by atoms with Crippen LogP contribution in [0.3, 0.4) is 0 Å². The number of aliphatic hydroxyl groups excluding tert-OH is 4. The van der Waals surface area contributed by atoms with Gasteiger partial charge >= 0.3 is 0 Å². The minimum absolute atomic E-state index is 0.0319. The normalized spacial score (nSPS) is 52.3. The second-order valence-corrected chi connectivity index (χ2v) is 7.65. The van der Waals surface area contributed by atoms with E-state index in [0.717, 1.165) is 12.8 Å². The lowest BCUT2D eigenvalue weighted by atomic mass is 9.80. The van der Waals surface area contributed by atoms with Crippen molar-refractivity contribution < 1.29 is 20.4 Å². The molecule has 3 aliphatic rings. The molecule has 3 fully saturated rings. The molecular weight excluding hydrogens is 322 g/mol. The van der Waals surface area contributed by atoms with E-state index in [4.69, 9.17) is 11.6 Å². The molecule has 8 atom stereocenters. The molecule has 134 valence electrons. The van der Waals surface area contributed by atoms with E-state index >= 15 is 0 Å². The van der Waals surface area contributed by atoms with Crippen LogP contribution in [-0.2, 0) is 0 Å². The minimum Gasteiger partial charge on any atom is -0.393 e. The van der Waals surface area contributed by atoms with Crippen LogP contribution in [0.1, 0.15) is 38.5 Å². The second kappa shape index (κ2) is 7.49. The molecule has 1 heterocycles. The van der Waals surface area contributed by atoms with Gasteiger partial charge in [0.1, 0.15) is 5.62 Å². The molecule has 0 aromatic carbocycles. The lowest BCUT2D eigenvalue weighted by Gasteiger charge is -2.47. The summed E-state index contributed by atoms with van der Waals surface area (Å²) in [5.74, 6) is -0.0638. The third kappa shape index (κ3) is 4.16. The zero-order valence-corrected chi connectivity index (χ0v) is 13.9. The van der Waals surface area contributed by atoms with E-state index in [9.17, 15) is 20.4 Å². The van der Waals surface area contributed by atoms with Gasteiger partial charge in [-0.15, -0.1) is 0 Å². The molecule has 0 aromatic heterocycles. The predicted molar refractivity (Wildman–Crippen MR) is 85.3 cm³/mol. The van der Waals surface area contributed by atoms with Gasteiger partial charge in [-0.2, -0.15) is 0 Å². The van der Waals surface area contributed by atoms with Crippen LogP contribution < -0.4 is 16.0 Å². The van der Waals surface area contributed by atoms with Crippen LogP contribution in [0.2, 0.25) is 0 Å². The Hall–Kier alpha value is 0.01000. The van der Waals surface area contributed by atoms with Crippen molar-refractivity contribution in [1.29, 1.82) is 0 Å². The van der Waals surface area contributed by atoms with Gasteiger partial charge in [-0.05, 0) is 38.5 Å². The zero-order chi connectivity index (χ0) is 16.6. The van der Waals surface area contributed by atoms with Crippen molar-refractivity contribution in [2.24, 2.45) is 11.8 Å². The standard InChI is InChI=1S/C15H28ClN3O4/c16-15-18-13(9-3-1-7(20)5-11(9)22)17-14(19-15)10-4-2-8(21)6-12(10)23/h7-15,17-23H,1-6H2. The number of hydrogen-bond acceptors (Lipinski definition) is 7. The molecule has 1 aliphatic heterocycles. The quantitative estimate of drug-likeness (QED) is 0.252. The maximum Gasteiger partial charge on any atom is 0.137 e. The number of aliphatic hydroxyl groups is 4. The van der Waals surface area contributed by atoms with Crippen molar-refractivity contribution in [3.05, 3.63) is 0 Å². The van der Waals surface area contributed by atoms with E-state index in [1.165, 1.54) is 0 Å². The summed E-state index contributed by atoms with van der Waals surface area (Å²) in [5, 5.41) is 49.7. The Morgan fingerprint density at radius 2 is 1.09 bits per heavy atom. The fraction of sp³-hybridized carbons (Fsp3) is 1.00. The van der Waals surface area contributed by atoms with Gasteiger partial charge in [-0.3, -0.25) is 16.0 Å². The van der Waals surface area contributed by atoms with Gasteiger partial charge in [0.2, 0.25) is 0 Å². The van der Waals surface area contributed by atoms with Crippen molar-refractivity contribution in [2.45, 2.75) is 80.9 Å². The van der Waals surface area contributed by atoms with Gasteiger partial charge in [-0.25, -0.2) is 0 Å². The maximum atomic E-state index is 10.3. The highest BCUT2D eigenvalue weighted by Gasteiger charge is 2.42. The van der Waals surface area contributed by atoms with Gasteiger partial charge < -0.3 is 20.4 Å². The number of alkyl halides is 1. The minimum atomic E-state index is -0.579. The smallest absolute Gasteiger partial charge is 0.137 e. The molecule has 2 saturated carbocycles. The molecule has 7 nitrogen and oxygen atoms in total. The van der Waals surface area contributed by atoms with E-state index in [-0.39, 0.29) is 24.2 Å². The third-order valence-electron chi connectivity index (χ3n) is 5.55. The molecule has 0 amide bonds. The average Bonchev–Trinajstić information content (AvgIpc) is 2.46. The lowest BCUT2D eigenvalue weighted by molar-refractivity contribution is -0.0470. The number of hydrogen-bond donors (Lipinski definition) is 7. The van der Waals surface area contributed by atoms with Crippen molar-refractivity contribution in [1.82, 2.24) is 16.0 Å². The number of nitrogens with one attached hydrogen (secondary N) is 3. The Bertz CT molecular complexity index is 371. The van der Waals surface area contributed by atoms with Crippen molar-refractivity contribution in [2.75, 3.05) is 0 Å². The Labute approximate surface area is 141 Å². The summed E-state index contributed by atoms with van der Waals surface area (Å²) in [5.41, 5.74) is -0.454. The zero-order valence-electron chi connectivity index (χ0n) is 13.1. The molecule has 2 aliphatic carbocycles. The number of rotatable bonds is 2. The van der Waals surface area contributed by atoms with Crippen LogP contribution >= 0.6 is 11.6 Å². The van der Waals surface area contributed by atoms with Gasteiger partial charge in [0.25, 0.3) is 0 Å². The first-order valence-corrected chi connectivity index (χ1v) is 9.02. The van der Waals surface area contributed by atoms with E-state index in [2.05, 4.69) is 16.0 Å². The monoisotopic (exact) mass is 349 g/mol. The van der Waals surface area contributed by atoms with Crippen molar-refractivity contribution in [3.63, 3.8) is 0 Å². The molecular formula is C15H28ClN3O4. The second-order valence-electron chi connectivity index (χ2n) is 7.21. The summed E-state index contributed by atoms with van der Waals surface area (Å²) in [6.45, 7) is 0. The molecule has 0 radical (unpaired) electrons. The first-order valence-electron chi connectivity index (χ1n) is 8.58. The first kappa shape index (κ1) is 17.8. The molecule has 0 spiro atoms. The van der Waals surface area contributed by atoms with Crippen molar-refractivity contribution in [3.8, 4) is 0 Å². The van der Waals surface area contributed by atoms with Crippen LogP contribution in [0.5, 0.6) is 0 Å². The Balaban J connectivity index is 1.65. The van der Waals surface area contributed by atoms with E-state index in [0.29, 0.717) is 25.7 Å². The molecule has 3 rings (SSSR count). The summed E-state index contributed by atoms with van der Waals surface area (Å²) in [7, 11) is 0. The molecule has 8 heteroatoms. The molecule has 8 unspecified atom stereocenters. The molecule has 0 bridgehead atoms. The van der Waals surface area contributed by atoms with Crippen LogP contribution in [-0.4, -0.2) is 62.8 Å². The summed E-state index contributed by atoms with van der Waals surface area (Å²) in [6, 6.07) is 0. The Morgan fingerprint density at radius 1 is 0.652 bits per heavy atom. The predicted octanol–water partition coefficient (Wildman–Crippen LogP) is -1.01. The summed E-state index contributed by atoms with van der Waals surface area (Å²) < 4.78 is 0. The SMILES string of the molecule is OC1CCC(C2NC(Cl)NC(C3CCC(O)CC3O)N2)C(O)C1. The molecule has 0 aromatic rings. The van der Waals surface area contributed by atoms with E-state index in [1.54, 1.807) is 0 Å². The van der Waals surface area contributed by atoms with Gasteiger partial charge in [0.05, 0.1) is 36.7 Å². The largest absolute Gasteiger partial charge is 0.393 e. The Kier molecular flexibility index (Phi) is 5.81. The fourth-order valence-electron chi connectivity index (χ4n) is 4.22. The highest BCUT2D eigenvalue weighted by molar-refractivity contribution is 6.20.